The van der Waals surface area contributed by atoms with E-state index in [9.17, 15) is 4.79 Å². The van der Waals surface area contributed by atoms with Crippen LogP contribution in [0, 0.1) is 0 Å². The zero-order valence-corrected chi connectivity index (χ0v) is 11.0. The number of quaternary nitrogens is 1. The van der Waals surface area contributed by atoms with E-state index in [4.69, 9.17) is 4.74 Å². The Balaban J connectivity index is 2.40. The molecule has 0 spiro atoms. The quantitative estimate of drug-likeness (QED) is 0.560. The van der Waals surface area contributed by atoms with E-state index in [1.54, 1.807) is 12.1 Å². The molecule has 0 aromatic heterocycles. The zero-order valence-electron chi connectivity index (χ0n) is 11.0. The molecule has 17 heavy (non-hydrogen) atoms. The molecule has 0 heterocycles. The maximum Gasteiger partial charge on any atom is 0.338 e. The van der Waals surface area contributed by atoms with Gasteiger partial charge in [0.2, 0.25) is 0 Å². The Morgan fingerprint density at radius 1 is 1.18 bits per heavy atom. The summed E-state index contributed by atoms with van der Waals surface area (Å²) in [7, 11) is 2.18. The maximum atomic E-state index is 11.7. The number of hydrogen-bond donors (Lipinski definition) is 0. The molecule has 0 unspecified atom stereocenters. The normalized spacial score (nSPS) is 11.2. The lowest BCUT2D eigenvalue weighted by atomic mass is 10.2. The lowest BCUT2D eigenvalue weighted by molar-refractivity contribution is -0.906. The van der Waals surface area contributed by atoms with Gasteiger partial charge in [0, 0.05) is 0 Å². The van der Waals surface area contributed by atoms with Crippen LogP contribution in [-0.4, -0.2) is 43.7 Å². The van der Waals surface area contributed by atoms with E-state index in [2.05, 4.69) is 20.9 Å². The van der Waals surface area contributed by atoms with E-state index >= 15 is 0 Å². The van der Waals surface area contributed by atoms with Crippen LogP contribution in [0.25, 0.3) is 0 Å². The van der Waals surface area contributed by atoms with E-state index in [0.717, 1.165) is 24.1 Å². The van der Waals surface area contributed by atoms with Crippen molar-refractivity contribution in [1.82, 2.24) is 0 Å². The van der Waals surface area contributed by atoms with Gasteiger partial charge in [-0.25, -0.2) is 4.79 Å². The molecule has 0 radical (unpaired) electrons. The van der Waals surface area contributed by atoms with Crippen molar-refractivity contribution in [3.8, 4) is 0 Å². The summed E-state index contributed by atoms with van der Waals surface area (Å²) in [6, 6.07) is 9.12. The first kappa shape index (κ1) is 13.7. The Bertz CT molecular complexity index is 344. The highest BCUT2D eigenvalue weighted by Gasteiger charge is 2.17. The smallest absolute Gasteiger partial charge is 0.338 e. The maximum absolute atomic E-state index is 11.7. The van der Waals surface area contributed by atoms with E-state index in [1.807, 2.05) is 18.2 Å². The number of benzene rings is 1. The molecule has 0 aliphatic rings. The molecule has 0 fully saturated rings. The molecule has 3 nitrogen and oxygen atoms in total. The fourth-order valence-corrected chi connectivity index (χ4v) is 1.56. The van der Waals surface area contributed by atoms with Crippen molar-refractivity contribution < 1.29 is 14.0 Å². The first-order valence-corrected chi connectivity index (χ1v) is 6.17. The SMILES string of the molecule is CC[N+](C)(CC)CCOC(=O)c1ccccc1. The topological polar surface area (TPSA) is 26.3 Å². The fourth-order valence-electron chi connectivity index (χ4n) is 1.56. The second-order valence-corrected chi connectivity index (χ2v) is 4.48. The lowest BCUT2D eigenvalue weighted by Gasteiger charge is -2.31. The second-order valence-electron chi connectivity index (χ2n) is 4.48. The number of carbonyl (C=O) groups excluding carboxylic acids is 1. The molecular formula is C14H22NO2+. The summed E-state index contributed by atoms with van der Waals surface area (Å²) in [6.07, 6.45) is 0. The molecule has 0 N–H and O–H groups in total. The summed E-state index contributed by atoms with van der Waals surface area (Å²) in [5, 5.41) is 0. The van der Waals surface area contributed by atoms with Crippen LogP contribution in [-0.2, 0) is 4.74 Å². The van der Waals surface area contributed by atoms with Crippen molar-refractivity contribution in [3.63, 3.8) is 0 Å². The minimum Gasteiger partial charge on any atom is -0.456 e. The predicted octanol–water partition coefficient (Wildman–Crippen LogP) is 2.33. The molecule has 0 aliphatic heterocycles. The highest BCUT2D eigenvalue weighted by molar-refractivity contribution is 5.89. The van der Waals surface area contributed by atoms with Gasteiger partial charge in [-0.3, -0.25) is 0 Å². The molecule has 94 valence electrons. The Kier molecular flexibility index (Phi) is 5.16. The van der Waals surface area contributed by atoms with Crippen LogP contribution in [0.4, 0.5) is 0 Å². The minimum atomic E-state index is -0.232. The summed E-state index contributed by atoms with van der Waals surface area (Å²) < 4.78 is 6.21. The van der Waals surface area contributed by atoms with Gasteiger partial charge in [0.15, 0.2) is 0 Å². The summed E-state index contributed by atoms with van der Waals surface area (Å²) in [6.45, 7) is 7.77. The highest BCUT2D eigenvalue weighted by Crippen LogP contribution is 2.04. The number of rotatable bonds is 6. The van der Waals surface area contributed by atoms with Crippen molar-refractivity contribution in [2.24, 2.45) is 0 Å². The Morgan fingerprint density at radius 2 is 1.76 bits per heavy atom. The molecule has 3 heteroatoms. The number of ether oxygens (including phenoxy) is 1. The van der Waals surface area contributed by atoms with Gasteiger partial charge >= 0.3 is 5.97 Å². The summed E-state index contributed by atoms with van der Waals surface area (Å²) in [5.74, 6) is -0.232. The van der Waals surface area contributed by atoms with Crippen LogP contribution in [0.2, 0.25) is 0 Å². The molecule has 0 amide bonds. The largest absolute Gasteiger partial charge is 0.456 e. The monoisotopic (exact) mass is 236 g/mol. The third kappa shape index (κ3) is 4.19. The summed E-state index contributed by atoms with van der Waals surface area (Å²) in [4.78, 5) is 11.7. The molecule has 1 aromatic carbocycles. The van der Waals surface area contributed by atoms with Crippen LogP contribution >= 0.6 is 0 Å². The lowest BCUT2D eigenvalue weighted by Crippen LogP contribution is -2.46. The minimum absolute atomic E-state index is 0.232. The Hall–Kier alpha value is -1.35. The first-order valence-electron chi connectivity index (χ1n) is 6.17. The van der Waals surface area contributed by atoms with E-state index in [1.165, 1.54) is 0 Å². The van der Waals surface area contributed by atoms with Crippen molar-refractivity contribution in [2.75, 3.05) is 33.3 Å². The van der Waals surface area contributed by atoms with Gasteiger partial charge in [0.05, 0.1) is 25.7 Å². The number of esters is 1. The second kappa shape index (κ2) is 6.40. The molecule has 1 aromatic rings. The van der Waals surface area contributed by atoms with Crippen molar-refractivity contribution in [3.05, 3.63) is 35.9 Å². The molecular weight excluding hydrogens is 214 g/mol. The third-order valence-electron chi connectivity index (χ3n) is 3.40. The van der Waals surface area contributed by atoms with Gasteiger partial charge in [-0.05, 0) is 26.0 Å². The van der Waals surface area contributed by atoms with Gasteiger partial charge in [0.1, 0.15) is 13.2 Å². The van der Waals surface area contributed by atoms with Gasteiger partial charge in [0.25, 0.3) is 0 Å². The zero-order chi connectivity index (χ0) is 12.7. The number of carbonyl (C=O) groups is 1. The molecule has 0 aliphatic carbocycles. The van der Waals surface area contributed by atoms with E-state index in [-0.39, 0.29) is 5.97 Å². The summed E-state index contributed by atoms with van der Waals surface area (Å²) in [5.41, 5.74) is 0.620. The molecule has 0 saturated carbocycles. The number of nitrogens with zero attached hydrogens (tertiary/aromatic N) is 1. The standard InChI is InChI=1S/C14H22NO2/c1-4-15(3,5-2)11-12-17-14(16)13-9-7-6-8-10-13/h6-10H,4-5,11-12H2,1-3H3/q+1. The van der Waals surface area contributed by atoms with Crippen molar-refractivity contribution in [2.45, 2.75) is 13.8 Å². The van der Waals surface area contributed by atoms with E-state index in [0.29, 0.717) is 12.2 Å². The van der Waals surface area contributed by atoms with Crippen molar-refractivity contribution >= 4 is 5.97 Å². The van der Waals surface area contributed by atoms with Gasteiger partial charge in [-0.1, -0.05) is 18.2 Å². The van der Waals surface area contributed by atoms with Crippen LogP contribution in [0.15, 0.2) is 30.3 Å². The van der Waals surface area contributed by atoms with Gasteiger partial charge in [-0.2, -0.15) is 0 Å². The average molecular weight is 236 g/mol. The van der Waals surface area contributed by atoms with Crippen LogP contribution in [0.1, 0.15) is 24.2 Å². The fraction of sp³-hybridized carbons (Fsp3) is 0.500. The van der Waals surface area contributed by atoms with Crippen LogP contribution in [0.3, 0.4) is 0 Å². The average Bonchev–Trinajstić information content (AvgIpc) is 2.39. The number of likely N-dealkylation sites (N-methyl/N-ethyl adjacent to an activating group) is 1. The first-order chi connectivity index (χ1) is 8.11. The predicted molar refractivity (Wildman–Crippen MR) is 68.9 cm³/mol. The third-order valence-corrected chi connectivity index (χ3v) is 3.40. The summed E-state index contributed by atoms with van der Waals surface area (Å²) >= 11 is 0. The Labute approximate surface area is 104 Å². The van der Waals surface area contributed by atoms with Gasteiger partial charge < -0.3 is 9.22 Å². The molecule has 0 saturated heterocycles. The van der Waals surface area contributed by atoms with E-state index < -0.39 is 0 Å². The van der Waals surface area contributed by atoms with Gasteiger partial charge in [-0.15, -0.1) is 0 Å². The Morgan fingerprint density at radius 3 is 2.29 bits per heavy atom. The molecule has 1 rings (SSSR count). The molecule has 0 bridgehead atoms. The highest BCUT2D eigenvalue weighted by atomic mass is 16.5. The van der Waals surface area contributed by atoms with Crippen molar-refractivity contribution in [1.29, 1.82) is 0 Å². The number of hydrogen-bond acceptors (Lipinski definition) is 2. The van der Waals surface area contributed by atoms with Crippen LogP contribution in [0.5, 0.6) is 0 Å². The van der Waals surface area contributed by atoms with Crippen LogP contribution < -0.4 is 0 Å². The molecule has 0 atom stereocenters.